The number of carbonyl (C=O) groups excluding carboxylic acids is 2. The smallest absolute Gasteiger partial charge is 0.277 e. The standard InChI is InChI=1S/C28H27N3O6/c1-16-10-11-19(28(34)31(35)17(2)18-8-6-5-7-9-18)13-22(16)29-26(32)21-12-20-14-24(36-3)25(37-4)15-23(20)30-27(21)33/h5-15,17,35H,1-4H3,(H,29,32)(H,30,33). The van der Waals surface area contributed by atoms with Crippen molar-refractivity contribution in [2.24, 2.45) is 0 Å². The Morgan fingerprint density at radius 2 is 1.65 bits per heavy atom. The summed E-state index contributed by atoms with van der Waals surface area (Å²) in [5.74, 6) is -0.381. The Labute approximate surface area is 213 Å². The first-order chi connectivity index (χ1) is 17.7. The van der Waals surface area contributed by atoms with Gasteiger partial charge in [0.05, 0.1) is 25.8 Å². The van der Waals surface area contributed by atoms with Gasteiger partial charge in [0, 0.05) is 22.7 Å². The van der Waals surface area contributed by atoms with Gasteiger partial charge < -0.3 is 19.8 Å². The van der Waals surface area contributed by atoms with E-state index in [2.05, 4.69) is 10.3 Å². The van der Waals surface area contributed by atoms with Crippen molar-refractivity contribution in [3.63, 3.8) is 0 Å². The van der Waals surface area contributed by atoms with Crippen molar-refractivity contribution in [3.05, 3.63) is 99.3 Å². The first-order valence-corrected chi connectivity index (χ1v) is 11.5. The van der Waals surface area contributed by atoms with Gasteiger partial charge in [-0.3, -0.25) is 19.6 Å². The second-order valence-electron chi connectivity index (χ2n) is 8.53. The van der Waals surface area contributed by atoms with Gasteiger partial charge in [0.25, 0.3) is 17.4 Å². The van der Waals surface area contributed by atoms with Crippen LogP contribution in [0.25, 0.3) is 10.9 Å². The van der Waals surface area contributed by atoms with E-state index < -0.39 is 23.4 Å². The number of anilines is 1. The van der Waals surface area contributed by atoms with E-state index in [1.165, 1.54) is 26.4 Å². The summed E-state index contributed by atoms with van der Waals surface area (Å²) in [5, 5.41) is 14.5. The minimum absolute atomic E-state index is 0.114. The lowest BCUT2D eigenvalue weighted by molar-refractivity contribution is -0.0854. The van der Waals surface area contributed by atoms with Crippen LogP contribution >= 0.6 is 0 Å². The van der Waals surface area contributed by atoms with Crippen molar-refractivity contribution >= 4 is 28.4 Å². The Bertz CT molecular complexity index is 1530. The van der Waals surface area contributed by atoms with Gasteiger partial charge in [-0.05, 0) is 49.2 Å². The van der Waals surface area contributed by atoms with Crippen molar-refractivity contribution in [1.29, 1.82) is 0 Å². The third-order valence-corrected chi connectivity index (χ3v) is 6.18. The number of hydrogen-bond acceptors (Lipinski definition) is 6. The van der Waals surface area contributed by atoms with Gasteiger partial charge in [-0.2, -0.15) is 0 Å². The number of hydroxylamine groups is 2. The summed E-state index contributed by atoms with van der Waals surface area (Å²) in [6, 6.07) is 18.0. The maximum absolute atomic E-state index is 13.1. The summed E-state index contributed by atoms with van der Waals surface area (Å²) in [7, 11) is 2.98. The minimum Gasteiger partial charge on any atom is -0.493 e. The van der Waals surface area contributed by atoms with Crippen LogP contribution in [-0.2, 0) is 0 Å². The van der Waals surface area contributed by atoms with Crippen molar-refractivity contribution in [2.45, 2.75) is 19.9 Å². The van der Waals surface area contributed by atoms with Crippen LogP contribution in [0, 0.1) is 6.92 Å². The Morgan fingerprint density at radius 3 is 2.32 bits per heavy atom. The molecule has 4 aromatic rings. The van der Waals surface area contributed by atoms with Crippen LogP contribution in [0.2, 0.25) is 0 Å². The van der Waals surface area contributed by atoms with Gasteiger partial charge in [-0.15, -0.1) is 0 Å². The van der Waals surface area contributed by atoms with Crippen LogP contribution in [0.3, 0.4) is 0 Å². The molecule has 0 fully saturated rings. The number of methoxy groups -OCH3 is 2. The normalized spacial score (nSPS) is 11.6. The fourth-order valence-electron chi connectivity index (χ4n) is 3.96. The van der Waals surface area contributed by atoms with Gasteiger partial charge in [0.1, 0.15) is 5.56 Å². The number of hydrogen-bond donors (Lipinski definition) is 3. The number of aromatic amines is 1. The van der Waals surface area contributed by atoms with Gasteiger partial charge in [-0.1, -0.05) is 36.4 Å². The number of aryl methyl sites for hydroxylation is 1. The molecular weight excluding hydrogens is 474 g/mol. The molecule has 2 amide bonds. The highest BCUT2D eigenvalue weighted by atomic mass is 16.5. The number of H-pyrrole nitrogens is 1. The molecule has 0 saturated heterocycles. The number of pyridine rings is 1. The van der Waals surface area contributed by atoms with Crippen molar-refractivity contribution in [1.82, 2.24) is 10.0 Å². The highest BCUT2D eigenvalue weighted by molar-refractivity contribution is 6.07. The third kappa shape index (κ3) is 5.17. The van der Waals surface area contributed by atoms with Crippen LogP contribution in [0.4, 0.5) is 5.69 Å². The predicted molar refractivity (Wildman–Crippen MR) is 140 cm³/mol. The first-order valence-electron chi connectivity index (χ1n) is 11.5. The highest BCUT2D eigenvalue weighted by Crippen LogP contribution is 2.31. The second-order valence-corrected chi connectivity index (χ2v) is 8.53. The minimum atomic E-state index is -0.649. The molecule has 0 aliphatic carbocycles. The van der Waals surface area contributed by atoms with E-state index in [9.17, 15) is 19.6 Å². The van der Waals surface area contributed by atoms with Gasteiger partial charge in [-0.25, -0.2) is 5.06 Å². The molecular formula is C28H27N3O6. The average Bonchev–Trinajstić information content (AvgIpc) is 2.92. The highest BCUT2D eigenvalue weighted by Gasteiger charge is 2.22. The summed E-state index contributed by atoms with van der Waals surface area (Å²) in [6.45, 7) is 3.47. The number of ether oxygens (including phenoxy) is 2. The molecule has 1 atom stereocenters. The van der Waals surface area contributed by atoms with E-state index in [-0.39, 0.29) is 11.1 Å². The van der Waals surface area contributed by atoms with Crippen molar-refractivity contribution in [3.8, 4) is 11.5 Å². The summed E-state index contributed by atoms with van der Waals surface area (Å²) in [5.41, 5.74) is 1.74. The molecule has 9 heteroatoms. The molecule has 190 valence electrons. The molecule has 37 heavy (non-hydrogen) atoms. The monoisotopic (exact) mass is 501 g/mol. The molecule has 3 aromatic carbocycles. The third-order valence-electron chi connectivity index (χ3n) is 6.18. The van der Waals surface area contributed by atoms with Crippen LogP contribution in [-0.4, -0.2) is 41.3 Å². The van der Waals surface area contributed by atoms with Crippen LogP contribution in [0.1, 0.15) is 44.8 Å². The predicted octanol–water partition coefficient (Wildman–Crippen LogP) is 4.70. The van der Waals surface area contributed by atoms with E-state index >= 15 is 0 Å². The quantitative estimate of drug-likeness (QED) is 0.249. The van der Waals surface area contributed by atoms with E-state index in [1.54, 1.807) is 38.1 Å². The summed E-state index contributed by atoms with van der Waals surface area (Å²) >= 11 is 0. The molecule has 1 aromatic heterocycles. The summed E-state index contributed by atoms with van der Waals surface area (Å²) in [6.07, 6.45) is 0. The number of nitrogens with one attached hydrogen (secondary N) is 2. The molecule has 4 rings (SSSR count). The lowest BCUT2D eigenvalue weighted by Gasteiger charge is -2.23. The lowest BCUT2D eigenvalue weighted by Crippen LogP contribution is -2.30. The van der Waals surface area contributed by atoms with E-state index in [4.69, 9.17) is 9.47 Å². The fourth-order valence-corrected chi connectivity index (χ4v) is 3.96. The average molecular weight is 502 g/mol. The molecule has 1 unspecified atom stereocenters. The molecule has 1 heterocycles. The fraction of sp³-hybridized carbons (Fsp3) is 0.179. The van der Waals surface area contributed by atoms with Crippen LogP contribution in [0.5, 0.6) is 11.5 Å². The summed E-state index contributed by atoms with van der Waals surface area (Å²) in [4.78, 5) is 41.5. The van der Waals surface area contributed by atoms with Gasteiger partial charge >= 0.3 is 0 Å². The Hall–Kier alpha value is -4.63. The molecule has 0 aliphatic rings. The number of nitrogens with zero attached hydrogens (tertiary/aromatic N) is 1. The Morgan fingerprint density at radius 1 is 0.973 bits per heavy atom. The lowest BCUT2D eigenvalue weighted by atomic mass is 10.1. The number of carbonyl (C=O) groups is 2. The summed E-state index contributed by atoms with van der Waals surface area (Å²) < 4.78 is 10.6. The largest absolute Gasteiger partial charge is 0.493 e. The molecule has 9 nitrogen and oxygen atoms in total. The number of amides is 2. The SMILES string of the molecule is COc1cc2cc(C(=O)Nc3cc(C(=O)N(O)C(C)c4ccccc4)ccc3C)c(=O)[nH]c2cc1OC. The zero-order valence-electron chi connectivity index (χ0n) is 20.9. The number of rotatable bonds is 7. The number of fused-ring (bicyclic) bond motifs is 1. The Kier molecular flexibility index (Phi) is 7.26. The topological polar surface area (TPSA) is 121 Å². The first kappa shape index (κ1) is 25.5. The van der Waals surface area contributed by atoms with E-state index in [0.29, 0.717) is 38.7 Å². The maximum atomic E-state index is 13.1. The van der Waals surface area contributed by atoms with E-state index in [1.807, 2.05) is 30.3 Å². The second kappa shape index (κ2) is 10.5. The molecule has 0 radical (unpaired) electrons. The number of benzene rings is 3. The van der Waals surface area contributed by atoms with Gasteiger partial charge in [0.2, 0.25) is 0 Å². The van der Waals surface area contributed by atoms with Crippen molar-refractivity contribution in [2.75, 3.05) is 19.5 Å². The van der Waals surface area contributed by atoms with Crippen LogP contribution in [0.15, 0.2) is 71.5 Å². The van der Waals surface area contributed by atoms with Crippen molar-refractivity contribution < 1.29 is 24.3 Å². The number of aromatic nitrogens is 1. The zero-order valence-corrected chi connectivity index (χ0v) is 20.9. The maximum Gasteiger partial charge on any atom is 0.277 e. The van der Waals surface area contributed by atoms with Crippen LogP contribution < -0.4 is 20.3 Å². The molecule has 0 aliphatic heterocycles. The zero-order chi connectivity index (χ0) is 26.7. The molecule has 0 spiro atoms. The Balaban J connectivity index is 1.61. The molecule has 0 saturated carbocycles. The van der Waals surface area contributed by atoms with E-state index in [0.717, 1.165) is 5.56 Å². The van der Waals surface area contributed by atoms with Gasteiger partial charge in [0.15, 0.2) is 11.5 Å². The molecule has 0 bridgehead atoms. The molecule has 3 N–H and O–H groups in total.